The summed E-state index contributed by atoms with van der Waals surface area (Å²) in [4.78, 5) is 10.9. The molecule has 0 saturated heterocycles. The number of halogens is 1. The minimum absolute atomic E-state index is 0.544. The van der Waals surface area contributed by atoms with Crippen LogP contribution in [0.5, 0.6) is 0 Å². The number of carbonyl (C=O) groups is 1. The highest BCUT2D eigenvalue weighted by Gasteiger charge is 2.31. The first kappa shape index (κ1) is 9.88. The SMILES string of the molecule is COC(=O)C1=C(F)C=C[C@H](O)[C@@H]1O. The quantitative estimate of drug-likeness (QED) is 0.553. The zero-order valence-corrected chi connectivity index (χ0v) is 6.90. The van der Waals surface area contributed by atoms with Gasteiger partial charge in [-0.2, -0.15) is 0 Å². The largest absolute Gasteiger partial charge is 0.466 e. The molecule has 4 nitrogen and oxygen atoms in total. The molecule has 5 heteroatoms. The highest BCUT2D eigenvalue weighted by Crippen LogP contribution is 2.21. The summed E-state index contributed by atoms with van der Waals surface area (Å²) in [7, 11) is 1.07. The Bertz CT molecular complexity index is 282. The first-order valence-electron chi connectivity index (χ1n) is 3.60. The summed E-state index contributed by atoms with van der Waals surface area (Å²) in [5.74, 6) is -1.86. The van der Waals surface area contributed by atoms with Crippen molar-refractivity contribution in [1.82, 2.24) is 0 Å². The molecule has 72 valence electrons. The van der Waals surface area contributed by atoms with Crippen LogP contribution in [-0.4, -0.2) is 35.5 Å². The predicted molar refractivity (Wildman–Crippen MR) is 41.3 cm³/mol. The Labute approximate surface area is 73.9 Å². The van der Waals surface area contributed by atoms with Crippen LogP contribution in [0.15, 0.2) is 23.6 Å². The number of allylic oxidation sites excluding steroid dienone is 2. The molecule has 0 heterocycles. The molecule has 0 spiro atoms. The zero-order chi connectivity index (χ0) is 10.0. The molecule has 2 atom stereocenters. The maximum atomic E-state index is 12.9. The van der Waals surface area contributed by atoms with Crippen molar-refractivity contribution in [3.63, 3.8) is 0 Å². The summed E-state index contributed by atoms with van der Waals surface area (Å²) in [6.07, 6.45) is -0.846. The number of carbonyl (C=O) groups excluding carboxylic acids is 1. The van der Waals surface area contributed by atoms with E-state index in [9.17, 15) is 14.3 Å². The molecule has 0 aromatic heterocycles. The molecule has 0 aromatic carbocycles. The number of ether oxygens (including phenoxy) is 1. The van der Waals surface area contributed by atoms with Crippen LogP contribution in [0.25, 0.3) is 0 Å². The standard InChI is InChI=1S/C8H9FO4/c1-13-8(12)6-4(9)2-3-5(10)7(6)11/h2-3,5,7,10-11H,1H3/t5-,7-/m0/s1. The fraction of sp³-hybridized carbons (Fsp3) is 0.375. The van der Waals surface area contributed by atoms with E-state index in [1.165, 1.54) is 0 Å². The maximum Gasteiger partial charge on any atom is 0.339 e. The zero-order valence-electron chi connectivity index (χ0n) is 6.90. The summed E-state index contributed by atoms with van der Waals surface area (Å²) in [6.45, 7) is 0. The van der Waals surface area contributed by atoms with E-state index in [-0.39, 0.29) is 0 Å². The van der Waals surface area contributed by atoms with E-state index in [0.717, 1.165) is 19.3 Å². The topological polar surface area (TPSA) is 66.8 Å². The molecule has 13 heavy (non-hydrogen) atoms. The van der Waals surface area contributed by atoms with E-state index >= 15 is 0 Å². The lowest BCUT2D eigenvalue weighted by molar-refractivity contribution is -0.138. The maximum absolute atomic E-state index is 12.9. The van der Waals surface area contributed by atoms with Gasteiger partial charge in [0.1, 0.15) is 23.6 Å². The third-order valence-electron chi connectivity index (χ3n) is 1.72. The van der Waals surface area contributed by atoms with Gasteiger partial charge in [-0.05, 0) is 6.08 Å². The Balaban J connectivity index is 3.02. The third-order valence-corrected chi connectivity index (χ3v) is 1.72. The molecule has 2 N–H and O–H groups in total. The van der Waals surface area contributed by atoms with Crippen molar-refractivity contribution in [2.24, 2.45) is 0 Å². The van der Waals surface area contributed by atoms with E-state index in [4.69, 9.17) is 5.11 Å². The minimum atomic E-state index is -1.56. The van der Waals surface area contributed by atoms with Gasteiger partial charge < -0.3 is 14.9 Å². The van der Waals surface area contributed by atoms with Gasteiger partial charge in [0.15, 0.2) is 0 Å². The molecule has 0 aromatic rings. The van der Waals surface area contributed by atoms with Crippen molar-refractivity contribution in [3.8, 4) is 0 Å². The predicted octanol–water partition coefficient (Wildman–Crippen LogP) is -0.325. The second-order valence-electron chi connectivity index (χ2n) is 2.55. The van der Waals surface area contributed by atoms with Crippen LogP contribution in [0.2, 0.25) is 0 Å². The molecule has 0 aliphatic heterocycles. The lowest BCUT2D eigenvalue weighted by Crippen LogP contribution is -2.33. The van der Waals surface area contributed by atoms with Crippen molar-refractivity contribution in [3.05, 3.63) is 23.6 Å². The number of aliphatic hydroxyl groups excluding tert-OH is 2. The minimum Gasteiger partial charge on any atom is -0.466 e. The van der Waals surface area contributed by atoms with Crippen molar-refractivity contribution in [2.75, 3.05) is 7.11 Å². The van der Waals surface area contributed by atoms with Gasteiger partial charge in [0.25, 0.3) is 0 Å². The fourth-order valence-electron chi connectivity index (χ4n) is 1.02. The van der Waals surface area contributed by atoms with E-state index in [1.54, 1.807) is 0 Å². The number of esters is 1. The Morgan fingerprint density at radius 3 is 2.77 bits per heavy atom. The highest BCUT2D eigenvalue weighted by atomic mass is 19.1. The molecular formula is C8H9FO4. The molecule has 0 unspecified atom stereocenters. The Kier molecular flexibility index (Phi) is 2.79. The molecule has 0 amide bonds. The Morgan fingerprint density at radius 2 is 2.23 bits per heavy atom. The Hall–Kier alpha value is -1.20. The van der Waals surface area contributed by atoms with Gasteiger partial charge in [0.05, 0.1) is 7.11 Å². The number of hydrogen-bond acceptors (Lipinski definition) is 4. The summed E-state index contributed by atoms with van der Waals surface area (Å²) >= 11 is 0. The second kappa shape index (κ2) is 3.68. The third kappa shape index (κ3) is 1.76. The molecule has 0 radical (unpaired) electrons. The lowest BCUT2D eigenvalue weighted by atomic mass is 9.98. The monoisotopic (exact) mass is 188 g/mol. The first-order valence-corrected chi connectivity index (χ1v) is 3.60. The summed E-state index contributed by atoms with van der Waals surface area (Å²) in [5.41, 5.74) is -0.544. The van der Waals surface area contributed by atoms with E-state index < -0.39 is 29.6 Å². The van der Waals surface area contributed by atoms with Gasteiger partial charge in [-0.25, -0.2) is 9.18 Å². The molecule has 0 saturated carbocycles. The first-order chi connectivity index (χ1) is 6.07. The van der Waals surface area contributed by atoms with E-state index in [2.05, 4.69) is 4.74 Å². The fourth-order valence-corrected chi connectivity index (χ4v) is 1.02. The van der Waals surface area contributed by atoms with Crippen LogP contribution >= 0.6 is 0 Å². The molecule has 0 fully saturated rings. The van der Waals surface area contributed by atoms with Gasteiger partial charge in [0, 0.05) is 0 Å². The van der Waals surface area contributed by atoms with Crippen LogP contribution in [0.3, 0.4) is 0 Å². The van der Waals surface area contributed by atoms with Gasteiger partial charge >= 0.3 is 5.97 Å². The van der Waals surface area contributed by atoms with Crippen molar-refractivity contribution >= 4 is 5.97 Å². The summed E-state index contributed by atoms with van der Waals surface area (Å²) < 4.78 is 17.2. The smallest absolute Gasteiger partial charge is 0.339 e. The van der Waals surface area contributed by atoms with Crippen molar-refractivity contribution in [2.45, 2.75) is 12.2 Å². The molecule has 1 aliphatic carbocycles. The van der Waals surface area contributed by atoms with Gasteiger partial charge in [-0.3, -0.25) is 0 Å². The molecular weight excluding hydrogens is 179 g/mol. The molecule has 0 bridgehead atoms. The number of aliphatic hydroxyl groups is 2. The number of hydrogen-bond donors (Lipinski definition) is 2. The van der Waals surface area contributed by atoms with Crippen LogP contribution in [-0.2, 0) is 9.53 Å². The van der Waals surface area contributed by atoms with Crippen LogP contribution < -0.4 is 0 Å². The average molecular weight is 188 g/mol. The van der Waals surface area contributed by atoms with Crippen LogP contribution in [0, 0.1) is 0 Å². The van der Waals surface area contributed by atoms with Gasteiger partial charge in [-0.1, -0.05) is 6.08 Å². The van der Waals surface area contributed by atoms with Crippen LogP contribution in [0.4, 0.5) is 4.39 Å². The normalized spacial score (nSPS) is 27.7. The second-order valence-corrected chi connectivity index (χ2v) is 2.55. The van der Waals surface area contributed by atoms with Crippen molar-refractivity contribution in [1.29, 1.82) is 0 Å². The van der Waals surface area contributed by atoms with E-state index in [0.29, 0.717) is 0 Å². The molecule has 1 aliphatic rings. The van der Waals surface area contributed by atoms with Crippen LogP contribution in [0.1, 0.15) is 0 Å². The van der Waals surface area contributed by atoms with Crippen molar-refractivity contribution < 1.29 is 24.1 Å². The summed E-state index contributed by atoms with van der Waals surface area (Å²) in [6, 6.07) is 0. The highest BCUT2D eigenvalue weighted by molar-refractivity contribution is 5.91. The molecule has 1 rings (SSSR count). The number of methoxy groups -OCH3 is 1. The lowest BCUT2D eigenvalue weighted by Gasteiger charge is -2.19. The number of rotatable bonds is 1. The van der Waals surface area contributed by atoms with Gasteiger partial charge in [-0.15, -0.1) is 0 Å². The van der Waals surface area contributed by atoms with Gasteiger partial charge in [0.2, 0.25) is 0 Å². The average Bonchev–Trinajstić information content (AvgIpc) is 2.12. The Morgan fingerprint density at radius 1 is 1.62 bits per heavy atom. The summed E-state index contributed by atoms with van der Waals surface area (Å²) in [5, 5.41) is 18.3. The van der Waals surface area contributed by atoms with E-state index in [1.807, 2.05) is 0 Å².